The zero-order valence-electron chi connectivity index (χ0n) is 15.4. The van der Waals surface area contributed by atoms with Crippen molar-refractivity contribution in [2.75, 3.05) is 0 Å². The Bertz CT molecular complexity index is 1060. The molecule has 0 spiro atoms. The number of benzene rings is 1. The van der Waals surface area contributed by atoms with Crippen molar-refractivity contribution in [1.82, 2.24) is 30.0 Å². The van der Waals surface area contributed by atoms with Crippen LogP contribution in [-0.2, 0) is 12.4 Å². The molecular formula is C17H12F6N6O2. The van der Waals surface area contributed by atoms with E-state index in [0.29, 0.717) is 12.1 Å². The summed E-state index contributed by atoms with van der Waals surface area (Å²) >= 11 is 0. The number of aromatic nitrogens is 5. The molecule has 14 heteroatoms. The zero-order valence-corrected chi connectivity index (χ0v) is 15.4. The number of carbonyl (C=O) groups is 1. The summed E-state index contributed by atoms with van der Waals surface area (Å²) in [6, 6.07) is 0.216. The molecule has 164 valence electrons. The number of hydrogen-bond donors (Lipinski definition) is 2. The number of amides is 1. The minimum absolute atomic E-state index is 0.0372. The molecule has 2 heterocycles. The van der Waals surface area contributed by atoms with E-state index in [2.05, 4.69) is 25.4 Å². The van der Waals surface area contributed by atoms with E-state index in [1.165, 1.54) is 25.4 Å². The second kappa shape index (κ2) is 7.85. The SMILES string of the molecule is CC(NC(=O)c1cc(C(F)(F)F)cc(C(F)(F)F)c1)c1nc(O)nn1-c1ncccn1. The minimum atomic E-state index is -5.10. The van der Waals surface area contributed by atoms with Gasteiger partial charge in [0.1, 0.15) is 0 Å². The van der Waals surface area contributed by atoms with Crippen LogP contribution in [0.15, 0.2) is 36.7 Å². The highest BCUT2D eigenvalue weighted by molar-refractivity contribution is 5.94. The van der Waals surface area contributed by atoms with Gasteiger partial charge in [0.25, 0.3) is 11.9 Å². The van der Waals surface area contributed by atoms with E-state index in [0.717, 1.165) is 4.68 Å². The topological polar surface area (TPSA) is 106 Å². The van der Waals surface area contributed by atoms with Crippen molar-refractivity contribution in [3.8, 4) is 12.0 Å². The molecule has 3 rings (SSSR count). The van der Waals surface area contributed by atoms with Crippen LogP contribution in [0.5, 0.6) is 6.01 Å². The number of nitrogens with zero attached hydrogens (tertiary/aromatic N) is 5. The van der Waals surface area contributed by atoms with Gasteiger partial charge in [0.05, 0.1) is 17.2 Å². The van der Waals surface area contributed by atoms with E-state index < -0.39 is 47.0 Å². The molecule has 1 atom stereocenters. The molecule has 1 amide bonds. The van der Waals surface area contributed by atoms with Gasteiger partial charge in [0, 0.05) is 18.0 Å². The Balaban J connectivity index is 1.94. The van der Waals surface area contributed by atoms with Gasteiger partial charge in [0.2, 0.25) is 0 Å². The van der Waals surface area contributed by atoms with Crippen LogP contribution in [-0.4, -0.2) is 35.7 Å². The lowest BCUT2D eigenvalue weighted by Crippen LogP contribution is -2.29. The molecule has 8 nitrogen and oxygen atoms in total. The molecule has 0 aliphatic heterocycles. The predicted octanol–water partition coefficient (Wildman–Crippen LogP) is 3.29. The van der Waals surface area contributed by atoms with Crippen LogP contribution < -0.4 is 5.32 Å². The number of rotatable bonds is 4. The van der Waals surface area contributed by atoms with Crippen LogP contribution in [0.25, 0.3) is 5.95 Å². The van der Waals surface area contributed by atoms with Crippen LogP contribution in [0.4, 0.5) is 26.3 Å². The van der Waals surface area contributed by atoms with Crippen molar-refractivity contribution in [2.45, 2.75) is 25.3 Å². The number of hydrogen-bond acceptors (Lipinski definition) is 6. The van der Waals surface area contributed by atoms with Crippen molar-refractivity contribution in [1.29, 1.82) is 0 Å². The summed E-state index contributed by atoms with van der Waals surface area (Å²) in [6.45, 7) is 1.33. The van der Waals surface area contributed by atoms with E-state index >= 15 is 0 Å². The maximum absolute atomic E-state index is 13.0. The van der Waals surface area contributed by atoms with E-state index in [1.807, 2.05) is 0 Å². The van der Waals surface area contributed by atoms with Crippen molar-refractivity contribution in [3.05, 3.63) is 59.2 Å². The average Bonchev–Trinajstić information content (AvgIpc) is 3.09. The number of alkyl halides is 6. The summed E-state index contributed by atoms with van der Waals surface area (Å²) < 4.78 is 79.0. The molecular weight excluding hydrogens is 434 g/mol. The summed E-state index contributed by atoms with van der Waals surface area (Å²) in [4.78, 5) is 23.9. The summed E-state index contributed by atoms with van der Waals surface area (Å²) in [7, 11) is 0. The molecule has 3 aromatic rings. The Kier molecular flexibility index (Phi) is 5.57. The molecule has 0 fully saturated rings. The smallest absolute Gasteiger partial charge is 0.416 e. The van der Waals surface area contributed by atoms with Crippen LogP contribution in [0.3, 0.4) is 0 Å². The first kappa shape index (κ1) is 22.0. The second-order valence-electron chi connectivity index (χ2n) is 6.22. The standard InChI is InChI=1S/C17H12F6N6O2/c1-8(12-27-15(31)28-29(12)14-24-3-2-4-25-14)26-13(30)9-5-10(16(18,19)20)7-11(6-9)17(21,22)23/h2-8H,1H3,(H,26,30)(H,28,31). The Labute approximate surface area is 169 Å². The number of carbonyl (C=O) groups excluding carboxylic acids is 1. The Hall–Kier alpha value is -3.71. The molecule has 0 aliphatic carbocycles. The lowest BCUT2D eigenvalue weighted by molar-refractivity contribution is -0.143. The van der Waals surface area contributed by atoms with E-state index in [-0.39, 0.29) is 17.8 Å². The number of halogens is 6. The summed E-state index contributed by atoms with van der Waals surface area (Å²) in [6.07, 6.45) is -7.48. The van der Waals surface area contributed by atoms with Gasteiger partial charge in [-0.3, -0.25) is 4.79 Å². The minimum Gasteiger partial charge on any atom is -0.478 e. The first-order chi connectivity index (χ1) is 14.4. The van der Waals surface area contributed by atoms with Gasteiger partial charge in [-0.1, -0.05) is 0 Å². The third kappa shape index (κ3) is 4.90. The molecule has 0 saturated heterocycles. The van der Waals surface area contributed by atoms with E-state index in [4.69, 9.17) is 0 Å². The zero-order chi connectivity index (χ0) is 23.0. The first-order valence-corrected chi connectivity index (χ1v) is 8.40. The molecule has 2 aromatic heterocycles. The van der Waals surface area contributed by atoms with E-state index in [1.54, 1.807) is 0 Å². The molecule has 31 heavy (non-hydrogen) atoms. The molecule has 0 bridgehead atoms. The fourth-order valence-corrected chi connectivity index (χ4v) is 2.57. The number of nitrogens with one attached hydrogen (secondary N) is 1. The monoisotopic (exact) mass is 446 g/mol. The summed E-state index contributed by atoms with van der Waals surface area (Å²) in [5, 5.41) is 15.5. The highest BCUT2D eigenvalue weighted by atomic mass is 19.4. The lowest BCUT2D eigenvalue weighted by Gasteiger charge is -2.16. The third-order valence-corrected chi connectivity index (χ3v) is 3.95. The maximum Gasteiger partial charge on any atom is 0.416 e. The maximum atomic E-state index is 13.0. The summed E-state index contributed by atoms with van der Waals surface area (Å²) in [5.74, 6) is -1.38. The molecule has 2 N–H and O–H groups in total. The van der Waals surface area contributed by atoms with E-state index in [9.17, 15) is 36.2 Å². The number of aromatic hydroxyl groups is 1. The second-order valence-corrected chi connectivity index (χ2v) is 6.22. The highest BCUT2D eigenvalue weighted by Crippen LogP contribution is 2.36. The van der Waals surface area contributed by atoms with Gasteiger partial charge in [-0.2, -0.15) is 36.0 Å². The lowest BCUT2D eigenvalue weighted by atomic mass is 10.0. The molecule has 1 aromatic carbocycles. The fourth-order valence-electron chi connectivity index (χ4n) is 2.57. The van der Waals surface area contributed by atoms with Gasteiger partial charge < -0.3 is 10.4 Å². The van der Waals surface area contributed by atoms with Gasteiger partial charge in [-0.25, -0.2) is 9.97 Å². The van der Waals surface area contributed by atoms with Crippen LogP contribution in [0.2, 0.25) is 0 Å². The normalized spacial score (nSPS) is 13.1. The van der Waals surface area contributed by atoms with Crippen molar-refractivity contribution >= 4 is 5.91 Å². The largest absolute Gasteiger partial charge is 0.478 e. The highest BCUT2D eigenvalue weighted by Gasteiger charge is 2.37. The Morgan fingerprint density at radius 2 is 1.58 bits per heavy atom. The van der Waals surface area contributed by atoms with Crippen molar-refractivity contribution in [3.63, 3.8) is 0 Å². The van der Waals surface area contributed by atoms with Crippen LogP contribution in [0, 0.1) is 0 Å². The van der Waals surface area contributed by atoms with Crippen LogP contribution >= 0.6 is 0 Å². The molecule has 0 aliphatic rings. The Morgan fingerprint density at radius 1 is 1.03 bits per heavy atom. The average molecular weight is 446 g/mol. The third-order valence-electron chi connectivity index (χ3n) is 3.95. The van der Waals surface area contributed by atoms with Gasteiger partial charge >= 0.3 is 18.4 Å². The van der Waals surface area contributed by atoms with Gasteiger partial charge in [0.15, 0.2) is 5.82 Å². The quantitative estimate of drug-likeness (QED) is 0.596. The molecule has 0 radical (unpaired) electrons. The van der Waals surface area contributed by atoms with Crippen molar-refractivity contribution in [2.24, 2.45) is 0 Å². The molecule has 1 unspecified atom stereocenters. The molecule has 0 saturated carbocycles. The Morgan fingerprint density at radius 3 is 2.10 bits per heavy atom. The fraction of sp³-hybridized carbons (Fsp3) is 0.235. The van der Waals surface area contributed by atoms with Crippen molar-refractivity contribution < 1.29 is 36.2 Å². The summed E-state index contributed by atoms with van der Waals surface area (Å²) in [5.41, 5.74) is -4.11. The van der Waals surface area contributed by atoms with Gasteiger partial charge in [-0.05, 0) is 31.2 Å². The van der Waals surface area contributed by atoms with Crippen LogP contribution in [0.1, 0.15) is 40.3 Å². The first-order valence-electron chi connectivity index (χ1n) is 8.40. The predicted molar refractivity (Wildman–Crippen MR) is 90.9 cm³/mol. The van der Waals surface area contributed by atoms with Gasteiger partial charge in [-0.15, -0.1) is 5.10 Å².